The Kier molecular flexibility index (Phi) is 4.69. The van der Waals surface area contributed by atoms with Crippen molar-refractivity contribution in [3.63, 3.8) is 0 Å². The molecular weight excluding hydrogens is 412 g/mol. The first kappa shape index (κ1) is 19.7. The summed E-state index contributed by atoms with van der Waals surface area (Å²) in [5, 5.41) is 42.6. The van der Waals surface area contributed by atoms with E-state index in [0.717, 1.165) is 5.56 Å². The Labute approximate surface area is 177 Å². The van der Waals surface area contributed by atoms with E-state index in [1.165, 1.54) is 6.34 Å². The molecule has 0 aliphatic carbocycles. The Morgan fingerprint density at radius 2 is 2.00 bits per heavy atom. The average Bonchev–Trinajstić information content (AvgIpc) is 3.40. The first-order valence-corrected chi connectivity index (χ1v) is 9.96. The summed E-state index contributed by atoms with van der Waals surface area (Å²) in [7, 11) is 0. The van der Waals surface area contributed by atoms with Crippen molar-refractivity contribution in [3.05, 3.63) is 52.2 Å². The lowest BCUT2D eigenvalue weighted by Crippen LogP contribution is -2.37. The van der Waals surface area contributed by atoms with Gasteiger partial charge in [0.1, 0.15) is 42.4 Å². The van der Waals surface area contributed by atoms with Gasteiger partial charge in [-0.3, -0.25) is 9.89 Å². The Bertz CT molecular complexity index is 1050. The molecule has 0 spiro atoms. The zero-order valence-corrected chi connectivity index (χ0v) is 16.8. The molecule has 10 heteroatoms. The van der Waals surface area contributed by atoms with Gasteiger partial charge in [0.15, 0.2) is 12.5 Å². The van der Waals surface area contributed by atoms with Crippen molar-refractivity contribution >= 4 is 29.6 Å². The zero-order valence-electron chi connectivity index (χ0n) is 16.0. The monoisotopic (exact) mass is 432 g/mol. The molecule has 0 radical (unpaired) electrons. The lowest BCUT2D eigenvalue weighted by atomic mass is 9.98. The summed E-state index contributed by atoms with van der Waals surface area (Å²) in [6, 6.07) is 6.83. The fourth-order valence-corrected chi connectivity index (χ4v) is 4.24. The van der Waals surface area contributed by atoms with E-state index in [1.807, 2.05) is 6.92 Å². The number of hydrogen-bond acceptors (Lipinski definition) is 8. The number of aliphatic hydroxyl groups is 4. The van der Waals surface area contributed by atoms with Crippen LogP contribution < -0.4 is 0 Å². The molecule has 1 saturated heterocycles. The smallest absolute Gasteiger partial charge is 0.164 e. The first-order valence-electron chi connectivity index (χ1n) is 9.59. The lowest BCUT2D eigenvalue weighted by molar-refractivity contribution is -0.0854. The first-order chi connectivity index (χ1) is 14.4. The minimum Gasteiger partial charge on any atom is -0.387 e. The number of hydrogen-bond donors (Lipinski definition) is 4. The highest BCUT2D eigenvalue weighted by Gasteiger charge is 2.48. The largest absolute Gasteiger partial charge is 0.387 e. The summed E-state index contributed by atoms with van der Waals surface area (Å²) in [6.07, 6.45) is -3.33. The molecule has 158 valence electrons. The molecule has 6 atom stereocenters. The average molecular weight is 433 g/mol. The van der Waals surface area contributed by atoms with Crippen molar-refractivity contribution in [2.24, 2.45) is 9.98 Å². The van der Waals surface area contributed by atoms with Gasteiger partial charge in [-0.1, -0.05) is 23.7 Å². The summed E-state index contributed by atoms with van der Waals surface area (Å²) in [4.78, 5) is 10.3. The van der Waals surface area contributed by atoms with Crippen LogP contribution in [0.5, 0.6) is 0 Å². The van der Waals surface area contributed by atoms with Crippen LogP contribution in [0.3, 0.4) is 0 Å². The van der Waals surface area contributed by atoms with Crippen molar-refractivity contribution in [1.82, 2.24) is 9.47 Å². The number of halogens is 1. The van der Waals surface area contributed by atoms with E-state index in [-0.39, 0.29) is 6.54 Å². The highest BCUT2D eigenvalue weighted by Crippen LogP contribution is 2.40. The van der Waals surface area contributed by atoms with Crippen LogP contribution in [0.4, 0.5) is 5.82 Å². The maximum absolute atomic E-state index is 10.8. The summed E-state index contributed by atoms with van der Waals surface area (Å²) in [5.74, 6) is 1.08. The maximum atomic E-state index is 10.8. The Hall–Kier alpha value is -2.27. The number of aliphatic hydroxyl groups excluding tert-OH is 4. The number of benzene rings is 1. The molecule has 4 N–H and O–H groups in total. The van der Waals surface area contributed by atoms with Crippen LogP contribution in [0, 0.1) is 6.92 Å². The van der Waals surface area contributed by atoms with Crippen LogP contribution in [0.2, 0.25) is 5.02 Å². The van der Waals surface area contributed by atoms with Crippen molar-refractivity contribution in [3.8, 4) is 0 Å². The van der Waals surface area contributed by atoms with Crippen LogP contribution in [0.15, 0.2) is 40.4 Å². The predicted octanol–water partition coefficient (Wildman–Crippen LogP) is 0.857. The molecule has 1 fully saturated rings. The number of amidine groups is 1. The molecule has 4 heterocycles. The second kappa shape index (κ2) is 7.16. The fraction of sp³-hybridized carbons (Fsp3) is 0.400. The van der Waals surface area contributed by atoms with Crippen LogP contribution in [-0.4, -0.2) is 73.2 Å². The third-order valence-corrected chi connectivity index (χ3v) is 6.21. The number of aryl methyl sites for hydroxylation is 1. The van der Waals surface area contributed by atoms with Crippen molar-refractivity contribution < 1.29 is 25.2 Å². The third kappa shape index (κ3) is 2.89. The predicted molar refractivity (Wildman–Crippen MR) is 109 cm³/mol. The van der Waals surface area contributed by atoms with E-state index in [4.69, 9.17) is 16.3 Å². The van der Waals surface area contributed by atoms with Gasteiger partial charge in [-0.05, 0) is 30.2 Å². The topological polar surface area (TPSA) is 123 Å². The quantitative estimate of drug-likeness (QED) is 0.570. The van der Waals surface area contributed by atoms with Gasteiger partial charge in [0.25, 0.3) is 0 Å². The highest BCUT2D eigenvalue weighted by molar-refractivity contribution is 6.31. The number of ether oxygens (including phenoxy) is 1. The minimum absolute atomic E-state index is 0.252. The van der Waals surface area contributed by atoms with E-state index in [2.05, 4.69) is 9.98 Å². The maximum Gasteiger partial charge on any atom is 0.164 e. The van der Waals surface area contributed by atoms with Crippen molar-refractivity contribution in [2.75, 3.05) is 6.54 Å². The Balaban J connectivity index is 1.44. The van der Waals surface area contributed by atoms with Crippen LogP contribution in [-0.2, 0) is 4.74 Å². The third-order valence-electron chi connectivity index (χ3n) is 5.79. The van der Waals surface area contributed by atoms with Crippen molar-refractivity contribution in [1.29, 1.82) is 0 Å². The molecule has 2 unspecified atom stereocenters. The molecule has 0 bridgehead atoms. The van der Waals surface area contributed by atoms with E-state index in [9.17, 15) is 20.4 Å². The molecule has 0 saturated carbocycles. The Morgan fingerprint density at radius 3 is 2.77 bits per heavy atom. The summed E-state index contributed by atoms with van der Waals surface area (Å²) < 4.78 is 7.52. The second-order valence-electron chi connectivity index (χ2n) is 7.68. The summed E-state index contributed by atoms with van der Waals surface area (Å²) in [5.41, 5.74) is 2.01. The van der Waals surface area contributed by atoms with Gasteiger partial charge >= 0.3 is 0 Å². The molecular formula is C20H21ClN4O5. The van der Waals surface area contributed by atoms with E-state index < -0.39 is 36.9 Å². The van der Waals surface area contributed by atoms with Crippen LogP contribution in [0.25, 0.3) is 0 Å². The number of nitrogens with zero attached hydrogens (tertiary/aromatic N) is 4. The molecule has 1 aromatic heterocycles. The normalized spacial score (nSPS) is 30.9. The molecule has 5 rings (SSSR count). The molecule has 3 aliphatic rings. The van der Waals surface area contributed by atoms with Gasteiger partial charge < -0.3 is 29.7 Å². The SMILES string of the molecule is Cc1cc(C(O)[C@H]2O[C@@H](n3ccc4c3N=CN3C4=NCC3O)[C@H](O)[C@@H]2O)ccc1Cl. The summed E-state index contributed by atoms with van der Waals surface area (Å²) >= 11 is 6.05. The van der Waals surface area contributed by atoms with E-state index in [1.54, 1.807) is 39.9 Å². The van der Waals surface area contributed by atoms with Gasteiger partial charge in [-0.15, -0.1) is 0 Å². The minimum atomic E-state index is -1.31. The molecule has 30 heavy (non-hydrogen) atoms. The molecule has 2 aromatic rings. The van der Waals surface area contributed by atoms with Crippen molar-refractivity contribution in [2.45, 2.75) is 43.8 Å². The van der Waals surface area contributed by atoms with Gasteiger partial charge in [0, 0.05) is 11.2 Å². The van der Waals surface area contributed by atoms with Gasteiger partial charge in [0.05, 0.1) is 12.1 Å². The molecule has 1 aromatic carbocycles. The van der Waals surface area contributed by atoms with Gasteiger partial charge in [-0.2, -0.15) is 0 Å². The van der Waals surface area contributed by atoms with Gasteiger partial charge in [-0.25, -0.2) is 4.99 Å². The second-order valence-corrected chi connectivity index (χ2v) is 8.09. The highest BCUT2D eigenvalue weighted by atomic mass is 35.5. The van der Waals surface area contributed by atoms with E-state index in [0.29, 0.717) is 27.8 Å². The number of rotatable bonds is 3. The number of aromatic nitrogens is 1. The van der Waals surface area contributed by atoms with Crippen LogP contribution >= 0.6 is 11.6 Å². The lowest BCUT2D eigenvalue weighted by Gasteiger charge is -2.25. The van der Waals surface area contributed by atoms with Gasteiger partial charge in [0.2, 0.25) is 0 Å². The Morgan fingerprint density at radius 1 is 1.20 bits per heavy atom. The number of fused-ring (bicyclic) bond motifs is 3. The molecule has 9 nitrogen and oxygen atoms in total. The standard InChI is InChI=1S/C20H21ClN4O5/c1-9-6-10(2-3-12(9)21)14(27)17-15(28)16(29)20(30-17)24-5-4-11-18-22-7-13(26)25(18)8-23-19(11)24/h2-6,8,13-17,20,26-29H,7H2,1H3/t13?,14?,15-,16+,17+,20+/m0/s1. The van der Waals surface area contributed by atoms with E-state index >= 15 is 0 Å². The fourth-order valence-electron chi connectivity index (χ4n) is 4.12. The molecule has 3 aliphatic heterocycles. The molecule has 0 amide bonds. The summed E-state index contributed by atoms with van der Waals surface area (Å²) in [6.45, 7) is 2.07. The number of aliphatic imine (C=N–C) groups is 2. The zero-order chi connectivity index (χ0) is 21.2. The van der Waals surface area contributed by atoms with Crippen LogP contribution in [0.1, 0.15) is 29.0 Å².